The molecule has 13 heavy (non-hydrogen) atoms. The molecule has 0 aliphatic rings. The lowest BCUT2D eigenvalue weighted by atomic mass is 10.6. The molecule has 0 bridgehead atoms. The van der Waals surface area contributed by atoms with E-state index in [-0.39, 0.29) is 5.82 Å². The SMILES string of the molecule is O=C(O)c1nc2[nH]cnc(=S)c2[nH]1. The third kappa shape index (κ3) is 1.18. The van der Waals surface area contributed by atoms with Gasteiger partial charge in [-0.05, 0) is 0 Å². The summed E-state index contributed by atoms with van der Waals surface area (Å²) in [5.74, 6) is -1.27. The van der Waals surface area contributed by atoms with E-state index in [0.29, 0.717) is 15.8 Å². The van der Waals surface area contributed by atoms with Gasteiger partial charge < -0.3 is 15.1 Å². The van der Waals surface area contributed by atoms with E-state index in [4.69, 9.17) is 17.3 Å². The topological polar surface area (TPSA) is 94.7 Å². The number of nitrogens with one attached hydrogen (secondary N) is 2. The van der Waals surface area contributed by atoms with Crippen LogP contribution in [0, 0.1) is 4.64 Å². The van der Waals surface area contributed by atoms with Gasteiger partial charge in [-0.1, -0.05) is 12.2 Å². The molecule has 0 spiro atoms. The zero-order valence-electron chi connectivity index (χ0n) is 6.24. The molecule has 2 rings (SSSR count). The number of aromatic amines is 2. The number of carboxylic acid groups (broad SMARTS) is 1. The van der Waals surface area contributed by atoms with Gasteiger partial charge >= 0.3 is 5.97 Å². The van der Waals surface area contributed by atoms with E-state index >= 15 is 0 Å². The summed E-state index contributed by atoms with van der Waals surface area (Å²) < 4.78 is 0.300. The van der Waals surface area contributed by atoms with Gasteiger partial charge in [0.2, 0.25) is 5.82 Å². The Morgan fingerprint density at radius 2 is 2.38 bits per heavy atom. The lowest BCUT2D eigenvalue weighted by molar-refractivity contribution is 0.0685. The first kappa shape index (κ1) is 7.87. The van der Waals surface area contributed by atoms with Crippen molar-refractivity contribution in [1.82, 2.24) is 19.9 Å². The molecule has 0 amide bonds. The minimum atomic E-state index is -1.13. The lowest BCUT2D eigenvalue weighted by Gasteiger charge is -1.84. The third-order valence-corrected chi connectivity index (χ3v) is 1.81. The maximum absolute atomic E-state index is 10.5. The Morgan fingerprint density at radius 3 is 3.00 bits per heavy atom. The normalized spacial score (nSPS) is 10.5. The number of hydrogen-bond acceptors (Lipinski definition) is 4. The van der Waals surface area contributed by atoms with Crippen LogP contribution in [0.2, 0.25) is 0 Å². The molecule has 0 atom stereocenters. The Kier molecular flexibility index (Phi) is 1.59. The number of rotatable bonds is 1. The number of nitrogens with zero attached hydrogens (tertiary/aromatic N) is 2. The zero-order chi connectivity index (χ0) is 9.42. The summed E-state index contributed by atoms with van der Waals surface area (Å²) in [6.45, 7) is 0. The minimum Gasteiger partial charge on any atom is -0.475 e. The van der Waals surface area contributed by atoms with Gasteiger partial charge in [0.15, 0.2) is 10.3 Å². The molecule has 2 aromatic heterocycles. The molecule has 0 saturated heterocycles. The summed E-state index contributed by atoms with van der Waals surface area (Å²) in [6.07, 6.45) is 1.37. The largest absolute Gasteiger partial charge is 0.475 e. The molecule has 0 fully saturated rings. The first-order chi connectivity index (χ1) is 6.18. The Morgan fingerprint density at radius 1 is 1.62 bits per heavy atom. The lowest BCUT2D eigenvalue weighted by Crippen LogP contribution is -1.97. The molecule has 2 aromatic rings. The minimum absolute atomic E-state index is 0.148. The molecule has 0 aliphatic carbocycles. The molecule has 0 aromatic carbocycles. The van der Waals surface area contributed by atoms with Crippen LogP contribution in [0.15, 0.2) is 6.33 Å². The molecule has 7 heteroatoms. The van der Waals surface area contributed by atoms with E-state index in [2.05, 4.69) is 19.9 Å². The number of carboxylic acids is 1. The van der Waals surface area contributed by atoms with Crippen LogP contribution in [-0.4, -0.2) is 31.0 Å². The van der Waals surface area contributed by atoms with Crippen LogP contribution in [-0.2, 0) is 0 Å². The Bertz CT molecular complexity index is 529. The molecule has 66 valence electrons. The number of H-pyrrole nitrogens is 2. The van der Waals surface area contributed by atoms with Crippen molar-refractivity contribution in [3.05, 3.63) is 16.8 Å². The summed E-state index contributed by atoms with van der Waals surface area (Å²) in [4.78, 5) is 23.3. The van der Waals surface area contributed by atoms with Gasteiger partial charge in [-0.25, -0.2) is 14.8 Å². The van der Waals surface area contributed by atoms with E-state index in [1.54, 1.807) is 0 Å². The van der Waals surface area contributed by atoms with Crippen LogP contribution in [0.25, 0.3) is 11.2 Å². The van der Waals surface area contributed by atoms with Crippen LogP contribution >= 0.6 is 12.2 Å². The van der Waals surface area contributed by atoms with Crippen LogP contribution in [0.4, 0.5) is 0 Å². The van der Waals surface area contributed by atoms with Crippen molar-refractivity contribution in [2.24, 2.45) is 0 Å². The maximum Gasteiger partial charge on any atom is 0.371 e. The molecule has 0 aliphatic heterocycles. The van der Waals surface area contributed by atoms with Gasteiger partial charge in [-0.2, -0.15) is 0 Å². The van der Waals surface area contributed by atoms with Crippen molar-refractivity contribution in [1.29, 1.82) is 0 Å². The Hall–Kier alpha value is -1.76. The average molecular weight is 196 g/mol. The number of fused-ring (bicyclic) bond motifs is 1. The second-order valence-electron chi connectivity index (χ2n) is 2.32. The van der Waals surface area contributed by atoms with Gasteiger partial charge in [0, 0.05) is 0 Å². The quantitative estimate of drug-likeness (QED) is 0.584. The fourth-order valence-corrected chi connectivity index (χ4v) is 1.15. The number of hydrogen-bond donors (Lipinski definition) is 3. The highest BCUT2D eigenvalue weighted by Gasteiger charge is 2.09. The summed E-state index contributed by atoms with van der Waals surface area (Å²) in [6, 6.07) is 0. The second-order valence-corrected chi connectivity index (χ2v) is 2.71. The van der Waals surface area contributed by atoms with E-state index in [1.165, 1.54) is 6.33 Å². The molecular weight excluding hydrogens is 192 g/mol. The number of imidazole rings is 1. The first-order valence-electron chi connectivity index (χ1n) is 3.35. The highest BCUT2D eigenvalue weighted by atomic mass is 32.1. The van der Waals surface area contributed by atoms with Crippen molar-refractivity contribution in [2.75, 3.05) is 0 Å². The summed E-state index contributed by atoms with van der Waals surface area (Å²) in [7, 11) is 0. The molecule has 0 saturated carbocycles. The molecule has 6 nitrogen and oxygen atoms in total. The van der Waals surface area contributed by atoms with Crippen molar-refractivity contribution in [2.45, 2.75) is 0 Å². The van der Waals surface area contributed by atoms with Crippen molar-refractivity contribution >= 4 is 29.4 Å². The van der Waals surface area contributed by atoms with E-state index < -0.39 is 5.97 Å². The highest BCUT2D eigenvalue weighted by Crippen LogP contribution is 2.07. The standard InChI is InChI=1S/C6H4N4O2S/c11-6(12)4-9-2-3(10-4)7-1-8-5(2)13/h1H,(H,11,12)(H2,7,8,9,10,13). The Labute approximate surface area is 76.7 Å². The van der Waals surface area contributed by atoms with Gasteiger partial charge in [0.25, 0.3) is 0 Å². The molecular formula is C6H4N4O2S. The van der Waals surface area contributed by atoms with Crippen LogP contribution in [0.3, 0.4) is 0 Å². The summed E-state index contributed by atoms with van der Waals surface area (Å²) in [5.41, 5.74) is 0.840. The third-order valence-electron chi connectivity index (χ3n) is 1.50. The predicted octanol–water partition coefficient (Wildman–Crippen LogP) is 0.714. The fourth-order valence-electron chi connectivity index (χ4n) is 0.950. The summed E-state index contributed by atoms with van der Waals surface area (Å²) in [5, 5.41) is 8.61. The summed E-state index contributed by atoms with van der Waals surface area (Å²) >= 11 is 4.86. The van der Waals surface area contributed by atoms with E-state index in [9.17, 15) is 4.79 Å². The van der Waals surface area contributed by atoms with Crippen LogP contribution in [0.5, 0.6) is 0 Å². The van der Waals surface area contributed by atoms with Gasteiger partial charge in [-0.15, -0.1) is 0 Å². The zero-order valence-corrected chi connectivity index (χ0v) is 7.05. The highest BCUT2D eigenvalue weighted by molar-refractivity contribution is 7.71. The molecule has 0 radical (unpaired) electrons. The van der Waals surface area contributed by atoms with Gasteiger partial charge in [0.05, 0.1) is 6.33 Å². The maximum atomic E-state index is 10.5. The molecule has 3 N–H and O–H groups in total. The molecule has 2 heterocycles. The predicted molar refractivity (Wildman–Crippen MR) is 46.0 cm³/mol. The second kappa shape index (κ2) is 2.63. The average Bonchev–Trinajstić information content (AvgIpc) is 2.49. The number of aromatic nitrogens is 4. The van der Waals surface area contributed by atoms with E-state index in [1.807, 2.05) is 0 Å². The van der Waals surface area contributed by atoms with Crippen molar-refractivity contribution in [3.8, 4) is 0 Å². The first-order valence-corrected chi connectivity index (χ1v) is 3.76. The van der Waals surface area contributed by atoms with E-state index in [0.717, 1.165) is 0 Å². The fraction of sp³-hybridized carbons (Fsp3) is 0. The van der Waals surface area contributed by atoms with Crippen molar-refractivity contribution in [3.63, 3.8) is 0 Å². The van der Waals surface area contributed by atoms with Crippen molar-refractivity contribution < 1.29 is 9.90 Å². The Balaban J connectivity index is 2.83. The number of carbonyl (C=O) groups is 1. The number of aromatic carboxylic acids is 1. The monoisotopic (exact) mass is 196 g/mol. The van der Waals surface area contributed by atoms with Crippen LogP contribution in [0.1, 0.15) is 10.6 Å². The van der Waals surface area contributed by atoms with Gasteiger partial charge in [0.1, 0.15) is 5.52 Å². The smallest absolute Gasteiger partial charge is 0.371 e. The molecule has 0 unspecified atom stereocenters. The van der Waals surface area contributed by atoms with Gasteiger partial charge in [-0.3, -0.25) is 0 Å². The van der Waals surface area contributed by atoms with Crippen LogP contribution < -0.4 is 0 Å².